The van der Waals surface area contributed by atoms with Gasteiger partial charge in [0.2, 0.25) is 5.91 Å². The van der Waals surface area contributed by atoms with Crippen LogP contribution in [0.2, 0.25) is 0 Å². The summed E-state index contributed by atoms with van der Waals surface area (Å²) in [4.78, 5) is 11.3. The van der Waals surface area contributed by atoms with Crippen molar-refractivity contribution in [2.75, 3.05) is 0 Å². The summed E-state index contributed by atoms with van der Waals surface area (Å²) in [6.45, 7) is 7.85. The van der Waals surface area contributed by atoms with E-state index >= 15 is 0 Å². The first-order valence-electron chi connectivity index (χ1n) is 6.51. The van der Waals surface area contributed by atoms with Crippen LogP contribution < -0.4 is 5.32 Å². The van der Waals surface area contributed by atoms with E-state index in [2.05, 4.69) is 12.2 Å². The summed E-state index contributed by atoms with van der Waals surface area (Å²) in [5.74, 6) is 0.0734. The van der Waals surface area contributed by atoms with Crippen molar-refractivity contribution in [3.8, 4) is 0 Å². The van der Waals surface area contributed by atoms with Gasteiger partial charge in [-0.3, -0.25) is 4.79 Å². The molecule has 2 rings (SSSR count). The molecule has 0 aromatic rings. The molecule has 1 aliphatic heterocycles. The molecule has 1 saturated heterocycles. The average Bonchev–Trinajstić information content (AvgIpc) is 2.28. The first-order valence-corrected chi connectivity index (χ1v) is 6.51. The molecule has 4 heteroatoms. The van der Waals surface area contributed by atoms with E-state index in [1.807, 2.05) is 20.8 Å². The Balaban J connectivity index is 2.35. The molecule has 6 atom stereocenters. The van der Waals surface area contributed by atoms with E-state index in [0.717, 1.165) is 0 Å². The molecular weight excluding hydrogens is 218 g/mol. The Morgan fingerprint density at radius 1 is 1.29 bits per heavy atom. The second-order valence-corrected chi connectivity index (χ2v) is 5.92. The highest BCUT2D eigenvalue weighted by atomic mass is 16.3. The zero-order chi connectivity index (χ0) is 13.0. The quantitative estimate of drug-likeness (QED) is 0.591. The molecule has 0 aromatic heterocycles. The van der Waals surface area contributed by atoms with Crippen molar-refractivity contribution < 1.29 is 15.0 Å². The predicted octanol–water partition coefficient (Wildman–Crippen LogP) is 0.669. The molecule has 98 valence electrons. The Morgan fingerprint density at radius 3 is 2.24 bits per heavy atom. The Hall–Kier alpha value is -0.610. The van der Waals surface area contributed by atoms with E-state index in [-0.39, 0.29) is 29.2 Å². The molecule has 2 aliphatic rings. The number of rotatable bonds is 1. The molecule has 0 radical (unpaired) electrons. The highest BCUT2D eigenvalue weighted by Crippen LogP contribution is 2.52. The number of hydrogen-bond acceptors (Lipinski definition) is 3. The minimum atomic E-state index is -1.04. The van der Waals surface area contributed by atoms with Crippen LogP contribution >= 0.6 is 0 Å². The maximum Gasteiger partial charge on any atom is 0.222 e. The van der Waals surface area contributed by atoms with Crippen LogP contribution in [0.25, 0.3) is 0 Å². The summed E-state index contributed by atoms with van der Waals surface area (Å²) in [5, 5.41) is 24.0. The summed E-state index contributed by atoms with van der Waals surface area (Å²) < 4.78 is 0. The SMILES string of the molecule is CC[C@]1(O)[C@@H](O)C(C)C2(CC(=O)N2)[C@H](C)[C@@H]1C. The monoisotopic (exact) mass is 241 g/mol. The fourth-order valence-corrected chi connectivity index (χ4v) is 3.87. The molecule has 0 aromatic carbocycles. The third-order valence-corrected chi connectivity index (χ3v) is 5.54. The van der Waals surface area contributed by atoms with Crippen molar-refractivity contribution in [2.24, 2.45) is 17.8 Å². The molecular formula is C13H23NO3. The van der Waals surface area contributed by atoms with Gasteiger partial charge in [-0.25, -0.2) is 0 Å². The number of carbonyl (C=O) groups is 1. The maximum atomic E-state index is 11.3. The number of nitrogens with one attached hydrogen (secondary N) is 1. The highest BCUT2D eigenvalue weighted by Gasteiger charge is 2.63. The van der Waals surface area contributed by atoms with Crippen LogP contribution in [-0.2, 0) is 4.79 Å². The number of carbonyl (C=O) groups excluding carboxylic acids is 1. The Kier molecular flexibility index (Phi) is 2.79. The largest absolute Gasteiger partial charge is 0.390 e. The standard InChI is InChI=1S/C13H23NO3/c1-5-13(17)8(3)7(2)12(6-10(15)14-12)9(4)11(13)16/h7-9,11,16-17H,5-6H2,1-4H3,(H,14,15)/t7-,8+,9?,11+,12?,13-/m1/s1. The van der Waals surface area contributed by atoms with Crippen LogP contribution in [0, 0.1) is 17.8 Å². The van der Waals surface area contributed by atoms with Gasteiger partial charge in [0.05, 0.1) is 23.7 Å². The van der Waals surface area contributed by atoms with Gasteiger partial charge in [-0.15, -0.1) is 0 Å². The minimum Gasteiger partial charge on any atom is -0.390 e. The van der Waals surface area contributed by atoms with Gasteiger partial charge in [0.1, 0.15) is 0 Å². The third-order valence-electron chi connectivity index (χ3n) is 5.54. The maximum absolute atomic E-state index is 11.3. The van der Waals surface area contributed by atoms with Crippen molar-refractivity contribution >= 4 is 5.91 Å². The van der Waals surface area contributed by atoms with E-state index in [0.29, 0.717) is 12.8 Å². The molecule has 17 heavy (non-hydrogen) atoms. The number of hydrogen-bond donors (Lipinski definition) is 3. The normalized spacial score (nSPS) is 54.4. The second kappa shape index (κ2) is 3.69. The summed E-state index contributed by atoms with van der Waals surface area (Å²) >= 11 is 0. The molecule has 1 amide bonds. The fourth-order valence-electron chi connectivity index (χ4n) is 3.87. The summed E-state index contributed by atoms with van der Waals surface area (Å²) in [6.07, 6.45) is 0.226. The topological polar surface area (TPSA) is 69.6 Å². The van der Waals surface area contributed by atoms with Crippen LogP contribution in [0.4, 0.5) is 0 Å². The molecule has 1 spiro atoms. The predicted molar refractivity (Wildman–Crippen MR) is 64.2 cm³/mol. The van der Waals surface area contributed by atoms with Crippen molar-refractivity contribution in [1.29, 1.82) is 0 Å². The molecule has 1 heterocycles. The zero-order valence-corrected chi connectivity index (χ0v) is 11.0. The van der Waals surface area contributed by atoms with Gasteiger partial charge in [-0.2, -0.15) is 0 Å². The number of aliphatic hydroxyl groups excluding tert-OH is 1. The van der Waals surface area contributed by atoms with Gasteiger partial charge in [0, 0.05) is 5.92 Å². The molecule has 2 unspecified atom stereocenters. The van der Waals surface area contributed by atoms with E-state index in [4.69, 9.17) is 0 Å². The smallest absolute Gasteiger partial charge is 0.222 e. The van der Waals surface area contributed by atoms with E-state index in [1.54, 1.807) is 0 Å². The van der Waals surface area contributed by atoms with Crippen LogP contribution in [0.5, 0.6) is 0 Å². The van der Waals surface area contributed by atoms with Crippen LogP contribution in [0.1, 0.15) is 40.5 Å². The number of aliphatic hydroxyl groups is 2. The van der Waals surface area contributed by atoms with Gasteiger partial charge in [-0.05, 0) is 18.3 Å². The first-order chi connectivity index (χ1) is 7.79. The van der Waals surface area contributed by atoms with Crippen molar-refractivity contribution in [3.05, 3.63) is 0 Å². The van der Waals surface area contributed by atoms with Crippen LogP contribution in [0.3, 0.4) is 0 Å². The molecule has 3 N–H and O–H groups in total. The lowest BCUT2D eigenvalue weighted by Gasteiger charge is -2.62. The van der Waals surface area contributed by atoms with Gasteiger partial charge in [0.25, 0.3) is 0 Å². The van der Waals surface area contributed by atoms with Crippen molar-refractivity contribution in [2.45, 2.75) is 57.8 Å². The van der Waals surface area contributed by atoms with Gasteiger partial charge in [0.15, 0.2) is 0 Å². The van der Waals surface area contributed by atoms with Crippen LogP contribution in [0.15, 0.2) is 0 Å². The van der Waals surface area contributed by atoms with E-state index < -0.39 is 11.7 Å². The summed E-state index contributed by atoms with van der Waals surface area (Å²) in [6, 6.07) is 0. The molecule has 4 nitrogen and oxygen atoms in total. The Labute approximate surface area is 102 Å². The Morgan fingerprint density at radius 2 is 1.82 bits per heavy atom. The minimum absolute atomic E-state index is 0.0284. The molecule has 1 aliphatic carbocycles. The zero-order valence-electron chi connectivity index (χ0n) is 11.0. The Bertz CT molecular complexity index is 316. The van der Waals surface area contributed by atoms with Gasteiger partial charge >= 0.3 is 0 Å². The van der Waals surface area contributed by atoms with Gasteiger partial charge in [-0.1, -0.05) is 27.7 Å². The first kappa shape index (κ1) is 12.8. The lowest BCUT2D eigenvalue weighted by atomic mass is 9.52. The third kappa shape index (κ3) is 1.40. The van der Waals surface area contributed by atoms with E-state index in [9.17, 15) is 15.0 Å². The molecule has 0 bridgehead atoms. The van der Waals surface area contributed by atoms with E-state index in [1.165, 1.54) is 0 Å². The van der Waals surface area contributed by atoms with Crippen molar-refractivity contribution in [1.82, 2.24) is 5.32 Å². The fraction of sp³-hybridized carbons (Fsp3) is 0.923. The highest BCUT2D eigenvalue weighted by molar-refractivity contribution is 5.85. The summed E-state index contributed by atoms with van der Waals surface area (Å²) in [7, 11) is 0. The lowest BCUT2D eigenvalue weighted by molar-refractivity contribution is -0.212. The molecule has 2 fully saturated rings. The van der Waals surface area contributed by atoms with Crippen molar-refractivity contribution in [3.63, 3.8) is 0 Å². The summed E-state index contributed by atoms with van der Waals surface area (Å²) in [5.41, 5.74) is -1.36. The van der Waals surface area contributed by atoms with Gasteiger partial charge < -0.3 is 15.5 Å². The second-order valence-electron chi connectivity index (χ2n) is 5.92. The molecule has 1 saturated carbocycles. The van der Waals surface area contributed by atoms with Crippen LogP contribution in [-0.4, -0.2) is 33.4 Å². The number of β-lactam (4-membered cyclic amide) rings is 1. The number of amides is 1. The lowest BCUT2D eigenvalue weighted by Crippen LogP contribution is -2.77. The average molecular weight is 241 g/mol.